The fraction of sp³-hybridized carbons (Fsp3) is 0.350. The number of carbonyl (C=O) groups is 1. The molecule has 156 valence electrons. The molecule has 0 aromatic heterocycles. The highest BCUT2D eigenvalue weighted by molar-refractivity contribution is 5.86. The van der Waals surface area contributed by atoms with Gasteiger partial charge < -0.3 is 9.64 Å². The zero-order chi connectivity index (χ0) is 21.0. The number of amides is 1. The fourth-order valence-electron chi connectivity index (χ4n) is 3.08. The SMILES string of the molecule is CN1CCN(Cc2cc(F)c(NC(=O)Oc3ccccc3)cc2C(F)(F)F)CC1. The van der Waals surface area contributed by atoms with Gasteiger partial charge in [0.1, 0.15) is 11.6 Å². The van der Waals surface area contributed by atoms with Crippen molar-refractivity contribution in [3.8, 4) is 5.75 Å². The number of likely N-dealkylation sites (N-methyl/N-ethyl adjacent to an activating group) is 1. The van der Waals surface area contributed by atoms with Crippen molar-refractivity contribution in [2.24, 2.45) is 0 Å². The number of halogens is 4. The van der Waals surface area contributed by atoms with Crippen molar-refractivity contribution in [1.82, 2.24) is 9.80 Å². The van der Waals surface area contributed by atoms with Crippen molar-refractivity contribution in [2.75, 3.05) is 38.5 Å². The second kappa shape index (κ2) is 8.79. The number of carbonyl (C=O) groups excluding carboxylic acids is 1. The van der Waals surface area contributed by atoms with E-state index in [1.54, 1.807) is 18.2 Å². The Kier molecular flexibility index (Phi) is 6.39. The Labute approximate surface area is 165 Å². The van der Waals surface area contributed by atoms with Crippen molar-refractivity contribution in [1.29, 1.82) is 0 Å². The highest BCUT2D eigenvalue weighted by Crippen LogP contribution is 2.36. The zero-order valence-electron chi connectivity index (χ0n) is 15.8. The summed E-state index contributed by atoms with van der Waals surface area (Å²) < 4.78 is 60.1. The summed E-state index contributed by atoms with van der Waals surface area (Å²) in [5.74, 6) is -0.764. The van der Waals surface area contributed by atoms with Crippen LogP contribution in [0.4, 0.5) is 28.0 Å². The molecule has 0 unspecified atom stereocenters. The van der Waals surface area contributed by atoms with Crippen LogP contribution < -0.4 is 10.1 Å². The molecule has 1 aliphatic rings. The van der Waals surface area contributed by atoms with Gasteiger partial charge in [-0.15, -0.1) is 0 Å². The van der Waals surface area contributed by atoms with E-state index in [0.717, 1.165) is 19.2 Å². The lowest BCUT2D eigenvalue weighted by Gasteiger charge is -2.33. The Bertz CT molecular complexity index is 851. The lowest BCUT2D eigenvalue weighted by Crippen LogP contribution is -2.44. The average molecular weight is 411 g/mol. The lowest BCUT2D eigenvalue weighted by atomic mass is 10.0. The van der Waals surface area contributed by atoms with Gasteiger partial charge in [-0.3, -0.25) is 10.2 Å². The first kappa shape index (κ1) is 21.1. The number of para-hydroxylation sites is 1. The number of ether oxygens (including phenoxy) is 1. The van der Waals surface area contributed by atoms with Crippen LogP contribution in [0.25, 0.3) is 0 Å². The van der Waals surface area contributed by atoms with Gasteiger partial charge in [-0.1, -0.05) is 18.2 Å². The highest BCUT2D eigenvalue weighted by Gasteiger charge is 2.35. The topological polar surface area (TPSA) is 44.8 Å². The van der Waals surface area contributed by atoms with Crippen molar-refractivity contribution < 1.29 is 27.1 Å². The number of alkyl halides is 3. The normalized spacial score (nSPS) is 15.9. The van der Waals surface area contributed by atoms with Gasteiger partial charge in [-0.05, 0) is 36.9 Å². The monoisotopic (exact) mass is 411 g/mol. The maximum atomic E-state index is 14.5. The van der Waals surface area contributed by atoms with E-state index in [2.05, 4.69) is 10.2 Å². The number of nitrogens with zero attached hydrogens (tertiary/aromatic N) is 2. The molecule has 1 N–H and O–H groups in total. The van der Waals surface area contributed by atoms with E-state index in [0.29, 0.717) is 19.2 Å². The van der Waals surface area contributed by atoms with E-state index < -0.39 is 29.3 Å². The molecule has 1 saturated heterocycles. The van der Waals surface area contributed by atoms with E-state index in [9.17, 15) is 22.4 Å². The standard InChI is InChI=1S/C20H21F4N3O2/c1-26-7-9-27(10-8-26)13-14-11-17(21)18(12-16(14)20(22,23)24)25-19(28)29-15-5-3-2-4-6-15/h2-6,11-12H,7-10,13H2,1H3,(H,25,28). The van der Waals surface area contributed by atoms with Gasteiger partial charge in [0.2, 0.25) is 0 Å². The van der Waals surface area contributed by atoms with Crippen LogP contribution in [0.1, 0.15) is 11.1 Å². The molecule has 1 aliphatic heterocycles. The lowest BCUT2D eigenvalue weighted by molar-refractivity contribution is -0.138. The second-order valence-electron chi connectivity index (χ2n) is 6.89. The summed E-state index contributed by atoms with van der Waals surface area (Å²) in [6.07, 6.45) is -5.76. The number of benzene rings is 2. The molecular weight excluding hydrogens is 390 g/mol. The number of hydrogen-bond donors (Lipinski definition) is 1. The summed E-state index contributed by atoms with van der Waals surface area (Å²) in [5, 5.41) is 2.05. The highest BCUT2D eigenvalue weighted by atomic mass is 19.4. The van der Waals surface area contributed by atoms with Gasteiger partial charge in [0.15, 0.2) is 0 Å². The van der Waals surface area contributed by atoms with E-state index in [1.807, 2.05) is 11.9 Å². The molecule has 5 nitrogen and oxygen atoms in total. The molecule has 0 aliphatic carbocycles. The Balaban J connectivity index is 1.79. The largest absolute Gasteiger partial charge is 0.417 e. The predicted octanol–water partition coefficient (Wildman–Crippen LogP) is 4.20. The summed E-state index contributed by atoms with van der Waals surface area (Å²) in [5.41, 5.74) is -1.73. The molecule has 2 aromatic carbocycles. The van der Waals surface area contributed by atoms with E-state index in [-0.39, 0.29) is 17.9 Å². The fourth-order valence-corrected chi connectivity index (χ4v) is 3.08. The number of piperazine rings is 1. The maximum Gasteiger partial charge on any atom is 0.417 e. The molecule has 0 saturated carbocycles. The Hall–Kier alpha value is -2.65. The molecule has 29 heavy (non-hydrogen) atoms. The minimum absolute atomic E-state index is 0.0195. The first-order chi connectivity index (χ1) is 13.7. The minimum atomic E-state index is -4.69. The molecule has 0 bridgehead atoms. The summed E-state index contributed by atoms with van der Waals surface area (Å²) in [7, 11) is 1.94. The van der Waals surface area contributed by atoms with Gasteiger partial charge in [0, 0.05) is 32.7 Å². The molecule has 1 fully saturated rings. The Morgan fingerprint density at radius 1 is 1.10 bits per heavy atom. The van der Waals surface area contributed by atoms with Crippen LogP contribution in [0.3, 0.4) is 0 Å². The first-order valence-corrected chi connectivity index (χ1v) is 9.07. The van der Waals surface area contributed by atoms with E-state index in [1.165, 1.54) is 12.1 Å². The van der Waals surface area contributed by atoms with Crippen LogP contribution in [-0.2, 0) is 12.7 Å². The molecule has 0 spiro atoms. The van der Waals surface area contributed by atoms with Crippen LogP contribution in [-0.4, -0.2) is 49.1 Å². The molecule has 0 radical (unpaired) electrons. The first-order valence-electron chi connectivity index (χ1n) is 9.07. The van der Waals surface area contributed by atoms with Crippen LogP contribution in [0, 0.1) is 5.82 Å². The number of anilines is 1. The van der Waals surface area contributed by atoms with Crippen LogP contribution >= 0.6 is 0 Å². The third-order valence-electron chi connectivity index (χ3n) is 4.68. The summed E-state index contributed by atoms with van der Waals surface area (Å²) in [6.45, 7) is 2.63. The van der Waals surface area contributed by atoms with Crippen LogP contribution in [0.2, 0.25) is 0 Å². The molecule has 9 heteroatoms. The number of hydrogen-bond acceptors (Lipinski definition) is 4. The van der Waals surface area contributed by atoms with Crippen LogP contribution in [0.15, 0.2) is 42.5 Å². The maximum absolute atomic E-state index is 14.5. The molecule has 1 amide bonds. The van der Waals surface area contributed by atoms with Crippen molar-refractivity contribution in [3.63, 3.8) is 0 Å². The number of rotatable bonds is 4. The number of nitrogens with one attached hydrogen (secondary N) is 1. The van der Waals surface area contributed by atoms with Crippen molar-refractivity contribution >= 4 is 11.8 Å². The van der Waals surface area contributed by atoms with Crippen LogP contribution in [0.5, 0.6) is 5.75 Å². The van der Waals surface area contributed by atoms with Gasteiger partial charge in [0.05, 0.1) is 11.3 Å². The van der Waals surface area contributed by atoms with E-state index >= 15 is 0 Å². The third kappa shape index (κ3) is 5.68. The summed E-state index contributed by atoms with van der Waals surface area (Å²) in [6, 6.07) is 9.40. The van der Waals surface area contributed by atoms with Gasteiger partial charge >= 0.3 is 12.3 Å². The minimum Gasteiger partial charge on any atom is -0.410 e. The zero-order valence-corrected chi connectivity index (χ0v) is 15.8. The molecule has 0 atom stereocenters. The quantitative estimate of drug-likeness (QED) is 0.766. The molecular formula is C20H21F4N3O2. The van der Waals surface area contributed by atoms with Gasteiger partial charge in [0.25, 0.3) is 0 Å². The smallest absolute Gasteiger partial charge is 0.410 e. The molecule has 1 heterocycles. The average Bonchev–Trinajstić information content (AvgIpc) is 2.65. The van der Waals surface area contributed by atoms with Gasteiger partial charge in [-0.2, -0.15) is 13.2 Å². The van der Waals surface area contributed by atoms with Crippen molar-refractivity contribution in [3.05, 3.63) is 59.4 Å². The summed E-state index contributed by atoms with van der Waals surface area (Å²) >= 11 is 0. The summed E-state index contributed by atoms with van der Waals surface area (Å²) in [4.78, 5) is 15.9. The molecule has 3 rings (SSSR count). The Morgan fingerprint density at radius 2 is 1.76 bits per heavy atom. The second-order valence-corrected chi connectivity index (χ2v) is 6.89. The predicted molar refractivity (Wildman–Crippen MR) is 100 cm³/mol. The van der Waals surface area contributed by atoms with Gasteiger partial charge in [-0.25, -0.2) is 9.18 Å². The molecule has 2 aromatic rings. The Morgan fingerprint density at radius 3 is 2.38 bits per heavy atom. The third-order valence-corrected chi connectivity index (χ3v) is 4.68. The van der Waals surface area contributed by atoms with Crippen molar-refractivity contribution in [2.45, 2.75) is 12.7 Å². The van der Waals surface area contributed by atoms with E-state index in [4.69, 9.17) is 4.74 Å².